The molecule has 0 aromatic heterocycles. The molecule has 1 aromatic rings. The van der Waals surface area contributed by atoms with Gasteiger partial charge in [-0.3, -0.25) is 14.4 Å². The molecule has 0 spiro atoms. The third-order valence-corrected chi connectivity index (χ3v) is 3.11. The van der Waals surface area contributed by atoms with Crippen LogP contribution in [0.5, 0.6) is 0 Å². The highest BCUT2D eigenvalue weighted by atomic mass is 16.6. The number of hydrogen-bond acceptors (Lipinski definition) is 5. The fourth-order valence-corrected chi connectivity index (χ4v) is 2.21. The summed E-state index contributed by atoms with van der Waals surface area (Å²) in [6.45, 7) is 3.44. The number of carbonyl (C=O) groups excluding carboxylic acids is 2. The quantitative estimate of drug-likeness (QED) is 0.583. The maximum atomic E-state index is 12.1. The number of carbonyl (C=O) groups is 3. The molecular weight excluding hydrogens is 288 g/mol. The van der Waals surface area contributed by atoms with Crippen molar-refractivity contribution in [3.63, 3.8) is 0 Å². The van der Waals surface area contributed by atoms with Crippen LogP contribution in [0.15, 0.2) is 30.3 Å². The molecule has 6 heteroatoms. The zero-order valence-electron chi connectivity index (χ0n) is 12.7. The molecule has 1 rings (SSSR count). The van der Waals surface area contributed by atoms with E-state index in [9.17, 15) is 14.4 Å². The fraction of sp³-hybridized carbons (Fsp3) is 0.438. The van der Waals surface area contributed by atoms with Gasteiger partial charge in [0.15, 0.2) is 5.92 Å². The fourth-order valence-electron chi connectivity index (χ4n) is 2.21. The van der Waals surface area contributed by atoms with Gasteiger partial charge in [-0.15, -0.1) is 0 Å². The van der Waals surface area contributed by atoms with E-state index in [0.29, 0.717) is 5.56 Å². The van der Waals surface area contributed by atoms with Crippen LogP contribution in [0.1, 0.15) is 31.7 Å². The van der Waals surface area contributed by atoms with Gasteiger partial charge in [0.05, 0.1) is 19.6 Å². The molecular formula is C16H20O6. The summed E-state index contributed by atoms with van der Waals surface area (Å²) in [6.07, 6.45) is -0.369. The van der Waals surface area contributed by atoms with Crippen LogP contribution >= 0.6 is 0 Å². The second-order valence-corrected chi connectivity index (χ2v) is 4.60. The average molecular weight is 308 g/mol. The molecule has 0 aliphatic heterocycles. The van der Waals surface area contributed by atoms with E-state index in [-0.39, 0.29) is 19.6 Å². The van der Waals surface area contributed by atoms with E-state index in [1.165, 1.54) is 0 Å². The zero-order chi connectivity index (χ0) is 16.5. The predicted octanol–water partition coefficient (Wildman–Crippen LogP) is 1.99. The lowest BCUT2D eigenvalue weighted by atomic mass is 9.83. The molecule has 0 amide bonds. The van der Waals surface area contributed by atoms with Gasteiger partial charge < -0.3 is 14.6 Å². The van der Waals surface area contributed by atoms with Gasteiger partial charge in [0.1, 0.15) is 0 Å². The number of carboxylic acids is 1. The molecule has 0 bridgehead atoms. The molecule has 0 saturated heterocycles. The van der Waals surface area contributed by atoms with E-state index in [2.05, 4.69) is 0 Å². The van der Waals surface area contributed by atoms with Gasteiger partial charge in [-0.25, -0.2) is 0 Å². The van der Waals surface area contributed by atoms with Crippen molar-refractivity contribution < 1.29 is 29.0 Å². The third-order valence-electron chi connectivity index (χ3n) is 3.11. The minimum atomic E-state index is -1.29. The van der Waals surface area contributed by atoms with E-state index in [1.54, 1.807) is 44.2 Å². The first-order valence-electron chi connectivity index (χ1n) is 7.11. The highest BCUT2D eigenvalue weighted by Crippen LogP contribution is 2.30. The lowest BCUT2D eigenvalue weighted by Gasteiger charge is -2.23. The molecule has 0 aliphatic carbocycles. The van der Waals surface area contributed by atoms with Crippen LogP contribution in [0.25, 0.3) is 0 Å². The number of ether oxygens (including phenoxy) is 2. The van der Waals surface area contributed by atoms with Crippen molar-refractivity contribution in [2.24, 2.45) is 5.92 Å². The van der Waals surface area contributed by atoms with Crippen LogP contribution in [0.4, 0.5) is 0 Å². The molecule has 0 aliphatic rings. The number of esters is 2. The number of rotatable bonds is 8. The van der Waals surface area contributed by atoms with E-state index in [1.807, 2.05) is 0 Å². The standard InChI is InChI=1S/C16H20O6/c1-3-21-15(19)14(16(20)22-4-2)12(10-13(17)18)11-8-6-5-7-9-11/h5-9,12,14H,3-4,10H2,1-2H3,(H,17,18). The Morgan fingerprint density at radius 2 is 1.50 bits per heavy atom. The first-order chi connectivity index (χ1) is 10.5. The van der Waals surface area contributed by atoms with Gasteiger partial charge in [-0.05, 0) is 19.4 Å². The molecule has 0 fully saturated rings. The van der Waals surface area contributed by atoms with Gasteiger partial charge in [0, 0.05) is 5.92 Å². The van der Waals surface area contributed by atoms with Gasteiger partial charge in [-0.1, -0.05) is 30.3 Å². The Bertz CT molecular complexity index is 493. The van der Waals surface area contributed by atoms with Crippen LogP contribution in [0.2, 0.25) is 0 Å². The number of aliphatic carboxylic acids is 1. The Balaban J connectivity index is 3.20. The Morgan fingerprint density at radius 3 is 1.91 bits per heavy atom. The van der Waals surface area contributed by atoms with Crippen LogP contribution < -0.4 is 0 Å². The maximum Gasteiger partial charge on any atom is 0.320 e. The molecule has 0 heterocycles. The van der Waals surface area contributed by atoms with Gasteiger partial charge in [-0.2, -0.15) is 0 Å². The Kier molecular flexibility index (Phi) is 7.08. The van der Waals surface area contributed by atoms with Gasteiger partial charge >= 0.3 is 17.9 Å². The molecule has 6 nitrogen and oxygen atoms in total. The lowest BCUT2D eigenvalue weighted by Crippen LogP contribution is -2.34. The Labute approximate surface area is 129 Å². The summed E-state index contributed by atoms with van der Waals surface area (Å²) < 4.78 is 9.85. The van der Waals surface area contributed by atoms with Crippen LogP contribution in [0.3, 0.4) is 0 Å². The number of benzene rings is 1. The topological polar surface area (TPSA) is 89.9 Å². The zero-order valence-corrected chi connectivity index (χ0v) is 12.7. The third kappa shape index (κ3) is 4.87. The van der Waals surface area contributed by atoms with Crippen molar-refractivity contribution in [3.8, 4) is 0 Å². The van der Waals surface area contributed by atoms with Crippen molar-refractivity contribution >= 4 is 17.9 Å². The summed E-state index contributed by atoms with van der Waals surface area (Å²) in [6, 6.07) is 8.57. The minimum absolute atomic E-state index is 0.101. The summed E-state index contributed by atoms with van der Waals surface area (Å²) in [5.74, 6) is -4.77. The summed E-state index contributed by atoms with van der Waals surface area (Å²) >= 11 is 0. The van der Waals surface area contributed by atoms with E-state index < -0.39 is 29.7 Å². The Morgan fingerprint density at radius 1 is 1.00 bits per heavy atom. The van der Waals surface area contributed by atoms with Gasteiger partial charge in [0.2, 0.25) is 0 Å². The molecule has 1 atom stereocenters. The van der Waals surface area contributed by atoms with Crippen molar-refractivity contribution in [1.29, 1.82) is 0 Å². The molecule has 1 aromatic carbocycles. The van der Waals surface area contributed by atoms with E-state index >= 15 is 0 Å². The molecule has 1 N–H and O–H groups in total. The van der Waals surface area contributed by atoms with Crippen molar-refractivity contribution in [2.75, 3.05) is 13.2 Å². The van der Waals surface area contributed by atoms with Crippen LogP contribution in [0, 0.1) is 5.92 Å². The second-order valence-electron chi connectivity index (χ2n) is 4.60. The Hall–Kier alpha value is -2.37. The average Bonchev–Trinajstić information content (AvgIpc) is 2.47. The van der Waals surface area contributed by atoms with Crippen LogP contribution in [-0.4, -0.2) is 36.2 Å². The monoisotopic (exact) mass is 308 g/mol. The van der Waals surface area contributed by atoms with E-state index in [0.717, 1.165) is 0 Å². The summed E-state index contributed by atoms with van der Waals surface area (Å²) in [5.41, 5.74) is 0.580. The van der Waals surface area contributed by atoms with Crippen LogP contribution in [-0.2, 0) is 23.9 Å². The predicted molar refractivity (Wildman–Crippen MR) is 78.2 cm³/mol. The molecule has 120 valence electrons. The minimum Gasteiger partial charge on any atom is -0.481 e. The first-order valence-corrected chi connectivity index (χ1v) is 7.11. The summed E-state index contributed by atoms with van der Waals surface area (Å²) in [7, 11) is 0. The van der Waals surface area contributed by atoms with Gasteiger partial charge in [0.25, 0.3) is 0 Å². The SMILES string of the molecule is CCOC(=O)C(C(=O)OCC)C(CC(=O)O)c1ccccc1. The largest absolute Gasteiger partial charge is 0.481 e. The summed E-state index contributed by atoms with van der Waals surface area (Å²) in [5, 5.41) is 9.11. The summed E-state index contributed by atoms with van der Waals surface area (Å²) in [4.78, 5) is 35.4. The smallest absolute Gasteiger partial charge is 0.320 e. The number of hydrogen-bond donors (Lipinski definition) is 1. The van der Waals surface area contributed by atoms with Crippen molar-refractivity contribution in [1.82, 2.24) is 0 Å². The normalized spacial score (nSPS) is 11.8. The highest BCUT2D eigenvalue weighted by Gasteiger charge is 2.39. The molecule has 0 saturated carbocycles. The van der Waals surface area contributed by atoms with E-state index in [4.69, 9.17) is 14.6 Å². The maximum absolute atomic E-state index is 12.1. The van der Waals surface area contributed by atoms with Crippen molar-refractivity contribution in [3.05, 3.63) is 35.9 Å². The lowest BCUT2D eigenvalue weighted by molar-refractivity contribution is -0.163. The molecule has 22 heavy (non-hydrogen) atoms. The van der Waals surface area contributed by atoms with Crippen molar-refractivity contribution in [2.45, 2.75) is 26.2 Å². The molecule has 0 radical (unpaired) electrons. The highest BCUT2D eigenvalue weighted by molar-refractivity contribution is 5.96. The molecule has 1 unspecified atom stereocenters. The number of carboxylic acid groups (broad SMARTS) is 1. The second kappa shape index (κ2) is 8.81. The first kappa shape index (κ1) is 17.7.